The summed E-state index contributed by atoms with van der Waals surface area (Å²) < 4.78 is 124. The monoisotopic (exact) mass is 630 g/mol. The van der Waals surface area contributed by atoms with Crippen LogP contribution >= 0.6 is 22.7 Å². The summed E-state index contributed by atoms with van der Waals surface area (Å²) >= 11 is 1.45. The predicted molar refractivity (Wildman–Crippen MR) is 145 cm³/mol. The Morgan fingerprint density at radius 3 is 1.24 bits per heavy atom. The van der Waals surface area contributed by atoms with E-state index in [2.05, 4.69) is 20.4 Å². The number of unbranched alkanes of at least 4 members (excludes halogenated alkanes) is 4. The van der Waals surface area contributed by atoms with E-state index in [4.69, 9.17) is 0 Å². The Bertz CT molecular complexity index is 1820. The van der Waals surface area contributed by atoms with Crippen molar-refractivity contribution in [1.29, 1.82) is 0 Å². The highest BCUT2D eigenvalue weighted by Gasteiger charge is 2.34. The van der Waals surface area contributed by atoms with Crippen LogP contribution < -0.4 is 0 Å². The zero-order valence-electron chi connectivity index (χ0n) is 22.3. The third-order valence-corrected chi connectivity index (χ3v) is 8.87. The first kappa shape index (κ1) is 30.2. The largest absolute Gasteiger partial charge is 0.205 e. The Morgan fingerprint density at radius 1 is 0.429 bits per heavy atom. The lowest BCUT2D eigenvalue weighted by atomic mass is 9.94. The molecule has 4 nitrogen and oxygen atoms in total. The van der Waals surface area contributed by atoms with E-state index in [1.54, 1.807) is 0 Å². The Morgan fingerprint density at radius 2 is 0.786 bits per heavy atom. The van der Waals surface area contributed by atoms with Gasteiger partial charge in [-0.1, -0.05) is 62.2 Å². The van der Waals surface area contributed by atoms with Crippen molar-refractivity contribution in [1.82, 2.24) is 20.4 Å². The van der Waals surface area contributed by atoms with E-state index >= 15 is 35.1 Å². The van der Waals surface area contributed by atoms with Gasteiger partial charge in [-0.25, -0.2) is 35.1 Å². The number of nitrogens with zero attached hydrogens (tertiary/aromatic N) is 4. The molecule has 222 valence electrons. The fraction of sp³-hybridized carbons (Fsp3) is 0.357. The summed E-state index contributed by atoms with van der Waals surface area (Å²) in [5, 5.41) is 8.96. The zero-order chi connectivity index (χ0) is 30.3. The SMILES string of the molecule is CCCCCc1nnc(-c2c(F)c(F)c3c(c2F)c(F)c(F)c2c(F)c(F)c(-c4nnc(CCCCC)s4)c(F)c23)s1. The van der Waals surface area contributed by atoms with Crippen molar-refractivity contribution >= 4 is 44.2 Å². The molecule has 42 heavy (non-hydrogen) atoms. The van der Waals surface area contributed by atoms with Crippen molar-refractivity contribution < 1.29 is 35.1 Å². The number of aromatic nitrogens is 4. The van der Waals surface area contributed by atoms with Crippen LogP contribution in [0.2, 0.25) is 0 Å². The molecular formula is C28H22F8N4S2. The quantitative estimate of drug-likeness (QED) is 0.0668. The molecule has 14 heteroatoms. The second-order valence-corrected chi connectivity index (χ2v) is 11.8. The second-order valence-electron chi connectivity index (χ2n) is 9.68. The lowest BCUT2D eigenvalue weighted by Crippen LogP contribution is -2.06. The fourth-order valence-electron chi connectivity index (χ4n) is 4.76. The Balaban J connectivity index is 1.77. The van der Waals surface area contributed by atoms with Gasteiger partial charge in [0.25, 0.3) is 0 Å². The van der Waals surface area contributed by atoms with Crippen LogP contribution in [-0.2, 0) is 12.8 Å². The van der Waals surface area contributed by atoms with Crippen molar-refractivity contribution in [2.24, 2.45) is 0 Å². The molecule has 0 saturated heterocycles. The zero-order valence-corrected chi connectivity index (χ0v) is 23.9. The first-order chi connectivity index (χ1) is 20.1. The topological polar surface area (TPSA) is 51.6 Å². The number of fused-ring (bicyclic) bond motifs is 3. The number of benzene rings is 3. The summed E-state index contributed by atoms with van der Waals surface area (Å²) in [4.78, 5) is 0. The van der Waals surface area contributed by atoms with Crippen LogP contribution in [0.4, 0.5) is 35.1 Å². The first-order valence-corrected chi connectivity index (χ1v) is 14.9. The summed E-state index contributed by atoms with van der Waals surface area (Å²) in [5.74, 6) is -15.8. The number of hydrogen-bond acceptors (Lipinski definition) is 6. The molecule has 0 saturated carbocycles. The molecule has 0 radical (unpaired) electrons. The molecule has 0 bridgehead atoms. The highest BCUT2D eigenvalue weighted by molar-refractivity contribution is 7.15. The molecule has 2 heterocycles. The summed E-state index contributed by atoms with van der Waals surface area (Å²) in [5.41, 5.74) is -2.28. The maximum Gasteiger partial charge on any atom is 0.172 e. The third kappa shape index (κ3) is 5.01. The molecule has 5 rings (SSSR count). The summed E-state index contributed by atoms with van der Waals surface area (Å²) in [7, 11) is 0. The maximum absolute atomic E-state index is 16.0. The number of rotatable bonds is 10. The Labute approximate surface area is 242 Å². The lowest BCUT2D eigenvalue weighted by Gasteiger charge is -2.15. The molecule has 0 aliphatic carbocycles. The lowest BCUT2D eigenvalue weighted by molar-refractivity contribution is 0.486. The highest BCUT2D eigenvalue weighted by Crippen LogP contribution is 2.45. The fourth-order valence-corrected chi connectivity index (χ4v) is 6.59. The molecule has 0 fully saturated rings. The average molecular weight is 631 g/mol. The van der Waals surface area contributed by atoms with Crippen molar-refractivity contribution in [2.45, 2.75) is 65.2 Å². The number of halogens is 8. The van der Waals surface area contributed by atoms with Gasteiger partial charge in [-0.2, -0.15) is 0 Å². The first-order valence-electron chi connectivity index (χ1n) is 13.2. The molecule has 5 aromatic rings. The van der Waals surface area contributed by atoms with Crippen LogP contribution in [-0.4, -0.2) is 20.4 Å². The second kappa shape index (κ2) is 12.2. The van der Waals surface area contributed by atoms with Crippen LogP contribution in [0.15, 0.2) is 0 Å². The molecule has 0 aliphatic rings. The number of hydrogen-bond donors (Lipinski definition) is 0. The van der Waals surface area contributed by atoms with Crippen molar-refractivity contribution in [3.63, 3.8) is 0 Å². The van der Waals surface area contributed by atoms with Crippen LogP contribution in [0.25, 0.3) is 42.7 Å². The third-order valence-electron chi connectivity index (χ3n) is 6.87. The van der Waals surface area contributed by atoms with Gasteiger partial charge in [0, 0.05) is 23.6 Å². The molecule has 0 N–H and O–H groups in total. The van der Waals surface area contributed by atoms with Crippen LogP contribution in [0, 0.1) is 46.5 Å². The van der Waals surface area contributed by atoms with E-state index in [9.17, 15) is 0 Å². The van der Waals surface area contributed by atoms with Gasteiger partial charge < -0.3 is 0 Å². The molecule has 0 aliphatic heterocycles. The van der Waals surface area contributed by atoms with E-state index in [1.165, 1.54) is 0 Å². The molecule has 2 aromatic heterocycles. The summed E-state index contributed by atoms with van der Waals surface area (Å²) in [6.07, 6.45) is 5.70. The van der Waals surface area contributed by atoms with E-state index in [1.807, 2.05) is 13.8 Å². The van der Waals surface area contributed by atoms with Gasteiger partial charge in [0.15, 0.2) is 44.9 Å². The van der Waals surface area contributed by atoms with Gasteiger partial charge in [0.05, 0.1) is 21.9 Å². The van der Waals surface area contributed by atoms with Gasteiger partial charge in [0.1, 0.15) is 21.6 Å². The predicted octanol–water partition coefficient (Wildman–Crippen LogP) is 9.61. The van der Waals surface area contributed by atoms with E-state index < -0.39 is 89.2 Å². The smallest absolute Gasteiger partial charge is 0.172 e. The number of aryl methyl sites for hydroxylation is 2. The van der Waals surface area contributed by atoms with E-state index in [-0.39, 0.29) is 0 Å². The molecule has 0 amide bonds. The Kier molecular flexibility index (Phi) is 8.74. The minimum Gasteiger partial charge on any atom is -0.205 e. The standard InChI is InChI=1S/C28H22F8N4S2/c1-3-5-7-9-11-37-39-27(41-11)17-19(29)13-14-15(22(32)23(33)16(13)24(34)26(17)36)20(30)18(25(35)21(14)31)28-40-38-12(42-28)10-8-6-4-2/h3-10H2,1-2H3. The maximum atomic E-state index is 16.0. The van der Waals surface area contributed by atoms with Crippen LogP contribution in [0.3, 0.4) is 0 Å². The van der Waals surface area contributed by atoms with Crippen molar-refractivity contribution in [3.8, 4) is 21.1 Å². The molecular weight excluding hydrogens is 608 g/mol. The van der Waals surface area contributed by atoms with Crippen molar-refractivity contribution in [3.05, 3.63) is 56.6 Å². The molecule has 3 aromatic carbocycles. The highest BCUT2D eigenvalue weighted by atomic mass is 32.1. The molecule has 0 atom stereocenters. The summed E-state index contributed by atoms with van der Waals surface area (Å²) in [6.45, 7) is 3.94. The van der Waals surface area contributed by atoms with Gasteiger partial charge in [-0.05, 0) is 12.8 Å². The van der Waals surface area contributed by atoms with Gasteiger partial charge in [-0.3, -0.25) is 0 Å². The molecule has 0 spiro atoms. The van der Waals surface area contributed by atoms with E-state index in [0.717, 1.165) is 48.4 Å². The Hall–Kier alpha value is -3.26. The minimum atomic E-state index is -2.18. The average Bonchev–Trinajstić information content (AvgIpc) is 3.62. The van der Waals surface area contributed by atoms with Crippen LogP contribution in [0.5, 0.6) is 0 Å². The molecule has 0 unspecified atom stereocenters. The minimum absolute atomic E-state index is 0.368. The van der Waals surface area contributed by atoms with E-state index in [0.29, 0.717) is 35.7 Å². The normalized spacial score (nSPS) is 11.9. The van der Waals surface area contributed by atoms with Crippen LogP contribution in [0.1, 0.15) is 62.4 Å². The summed E-state index contributed by atoms with van der Waals surface area (Å²) in [6, 6.07) is 0. The van der Waals surface area contributed by atoms with Gasteiger partial charge in [0.2, 0.25) is 0 Å². The van der Waals surface area contributed by atoms with Gasteiger partial charge in [-0.15, -0.1) is 20.4 Å². The van der Waals surface area contributed by atoms with Gasteiger partial charge >= 0.3 is 0 Å². The van der Waals surface area contributed by atoms with Crippen molar-refractivity contribution in [2.75, 3.05) is 0 Å².